The van der Waals surface area contributed by atoms with Crippen molar-refractivity contribution in [2.45, 2.75) is 26.0 Å². The molecule has 0 bridgehead atoms. The Labute approximate surface area is 137 Å². The largest absolute Gasteiger partial charge is 0.493 e. The lowest BCUT2D eigenvalue weighted by Crippen LogP contribution is -2.55. The van der Waals surface area contributed by atoms with Crippen molar-refractivity contribution >= 4 is 5.91 Å². The third-order valence-corrected chi connectivity index (χ3v) is 4.13. The minimum Gasteiger partial charge on any atom is -0.493 e. The van der Waals surface area contributed by atoms with Crippen LogP contribution in [0.15, 0.2) is 18.2 Å². The predicted octanol–water partition coefficient (Wildman–Crippen LogP) is 1.23. The SMILES string of the molecule is COc1ccc(C(=O)N2CCN(C[C@H](C)O)C[C@H]2C)cc1OC. The molecule has 0 saturated carbocycles. The van der Waals surface area contributed by atoms with Gasteiger partial charge in [0, 0.05) is 37.8 Å². The number of β-amino-alcohol motifs (C(OH)–C–C–N with tert-alkyl or cyclic N) is 1. The fourth-order valence-electron chi connectivity index (χ4n) is 3.01. The molecule has 1 fully saturated rings. The van der Waals surface area contributed by atoms with Gasteiger partial charge in [-0.05, 0) is 32.0 Å². The number of hydrogen-bond donors (Lipinski definition) is 1. The van der Waals surface area contributed by atoms with Crippen molar-refractivity contribution in [2.75, 3.05) is 40.4 Å². The number of methoxy groups -OCH3 is 2. The number of rotatable bonds is 5. The van der Waals surface area contributed by atoms with Gasteiger partial charge in [0.2, 0.25) is 0 Å². The molecule has 6 nitrogen and oxygen atoms in total. The topological polar surface area (TPSA) is 62.2 Å². The molecule has 0 aromatic heterocycles. The maximum atomic E-state index is 12.8. The molecule has 0 aliphatic carbocycles. The summed E-state index contributed by atoms with van der Waals surface area (Å²) < 4.78 is 10.5. The average Bonchev–Trinajstić information content (AvgIpc) is 2.53. The lowest BCUT2D eigenvalue weighted by atomic mass is 10.1. The molecule has 1 aliphatic heterocycles. The summed E-state index contributed by atoms with van der Waals surface area (Å²) in [7, 11) is 3.13. The first kappa shape index (κ1) is 17.6. The quantitative estimate of drug-likeness (QED) is 0.883. The van der Waals surface area contributed by atoms with Crippen LogP contribution in [0, 0.1) is 0 Å². The Bertz CT molecular complexity index is 547. The minimum absolute atomic E-state index is 0.00449. The van der Waals surface area contributed by atoms with Gasteiger partial charge < -0.3 is 19.5 Å². The van der Waals surface area contributed by atoms with Gasteiger partial charge in [0.15, 0.2) is 11.5 Å². The first-order chi connectivity index (χ1) is 11.0. The molecular formula is C17H26N2O4. The first-order valence-corrected chi connectivity index (χ1v) is 7.89. The maximum absolute atomic E-state index is 12.8. The van der Waals surface area contributed by atoms with Crippen molar-refractivity contribution in [1.29, 1.82) is 0 Å². The van der Waals surface area contributed by atoms with Crippen LogP contribution in [0.4, 0.5) is 0 Å². The van der Waals surface area contributed by atoms with Gasteiger partial charge in [-0.15, -0.1) is 0 Å². The molecule has 1 aromatic rings. The molecule has 1 N–H and O–H groups in total. The van der Waals surface area contributed by atoms with Crippen LogP contribution in [0.5, 0.6) is 11.5 Å². The zero-order valence-corrected chi connectivity index (χ0v) is 14.3. The summed E-state index contributed by atoms with van der Waals surface area (Å²) in [6.07, 6.45) is -0.352. The number of aliphatic hydroxyl groups is 1. The minimum atomic E-state index is -0.352. The summed E-state index contributed by atoms with van der Waals surface area (Å²) in [5.41, 5.74) is 0.596. The zero-order chi connectivity index (χ0) is 17.0. The fourth-order valence-corrected chi connectivity index (χ4v) is 3.01. The van der Waals surface area contributed by atoms with Gasteiger partial charge in [-0.25, -0.2) is 0 Å². The summed E-state index contributed by atoms with van der Waals surface area (Å²) in [5.74, 6) is 1.16. The van der Waals surface area contributed by atoms with Crippen molar-refractivity contribution in [3.63, 3.8) is 0 Å². The third-order valence-electron chi connectivity index (χ3n) is 4.13. The molecule has 23 heavy (non-hydrogen) atoms. The molecule has 1 saturated heterocycles. The number of benzene rings is 1. The maximum Gasteiger partial charge on any atom is 0.254 e. The van der Waals surface area contributed by atoms with Gasteiger partial charge in [-0.3, -0.25) is 9.69 Å². The van der Waals surface area contributed by atoms with Crippen LogP contribution in [0.25, 0.3) is 0 Å². The van der Waals surface area contributed by atoms with Crippen molar-refractivity contribution in [2.24, 2.45) is 0 Å². The van der Waals surface area contributed by atoms with Gasteiger partial charge >= 0.3 is 0 Å². The van der Waals surface area contributed by atoms with Crippen LogP contribution >= 0.6 is 0 Å². The van der Waals surface area contributed by atoms with Crippen LogP contribution in [-0.4, -0.2) is 73.4 Å². The second-order valence-electron chi connectivity index (χ2n) is 6.03. The molecule has 0 spiro atoms. The van der Waals surface area contributed by atoms with E-state index in [1.807, 2.05) is 11.8 Å². The van der Waals surface area contributed by atoms with E-state index >= 15 is 0 Å². The van der Waals surface area contributed by atoms with E-state index in [2.05, 4.69) is 4.90 Å². The lowest BCUT2D eigenvalue weighted by Gasteiger charge is -2.40. The van der Waals surface area contributed by atoms with E-state index in [-0.39, 0.29) is 18.1 Å². The number of hydrogen-bond acceptors (Lipinski definition) is 5. The smallest absolute Gasteiger partial charge is 0.254 e. The number of carbonyl (C=O) groups excluding carboxylic acids is 1. The summed E-state index contributed by atoms with van der Waals surface area (Å²) in [6.45, 7) is 6.65. The van der Waals surface area contributed by atoms with E-state index in [4.69, 9.17) is 9.47 Å². The molecule has 1 heterocycles. The van der Waals surface area contributed by atoms with E-state index in [1.54, 1.807) is 39.3 Å². The van der Waals surface area contributed by atoms with Gasteiger partial charge in [0.05, 0.1) is 20.3 Å². The van der Waals surface area contributed by atoms with E-state index in [0.29, 0.717) is 30.2 Å². The highest BCUT2D eigenvalue weighted by atomic mass is 16.5. The molecule has 1 aliphatic rings. The Hall–Kier alpha value is -1.79. The summed E-state index contributed by atoms with van der Waals surface area (Å²) in [4.78, 5) is 16.8. The molecule has 1 amide bonds. The lowest BCUT2D eigenvalue weighted by molar-refractivity contribution is 0.0382. The second kappa shape index (κ2) is 7.66. The zero-order valence-electron chi connectivity index (χ0n) is 14.3. The van der Waals surface area contributed by atoms with Crippen LogP contribution in [0.3, 0.4) is 0 Å². The predicted molar refractivity (Wildman–Crippen MR) is 88.2 cm³/mol. The highest BCUT2D eigenvalue weighted by Gasteiger charge is 2.28. The number of aliphatic hydroxyl groups excluding tert-OH is 1. The average molecular weight is 322 g/mol. The summed E-state index contributed by atoms with van der Waals surface area (Å²) in [5, 5.41) is 9.50. The van der Waals surface area contributed by atoms with E-state index in [1.165, 1.54) is 0 Å². The van der Waals surface area contributed by atoms with E-state index in [0.717, 1.165) is 13.1 Å². The van der Waals surface area contributed by atoms with E-state index in [9.17, 15) is 9.90 Å². The molecule has 6 heteroatoms. The molecule has 0 radical (unpaired) electrons. The van der Waals surface area contributed by atoms with Gasteiger partial charge in [-0.2, -0.15) is 0 Å². The Morgan fingerprint density at radius 3 is 2.57 bits per heavy atom. The van der Waals surface area contributed by atoms with Crippen LogP contribution in [0.2, 0.25) is 0 Å². The van der Waals surface area contributed by atoms with Gasteiger partial charge in [0.25, 0.3) is 5.91 Å². The molecule has 128 valence electrons. The molecule has 1 aromatic carbocycles. The standard InChI is InChI=1S/C17H26N2O4/c1-12-10-18(11-13(2)20)7-8-19(12)17(21)14-5-6-15(22-3)16(9-14)23-4/h5-6,9,12-13,20H,7-8,10-11H2,1-4H3/t12-,13+/m1/s1. The molecular weight excluding hydrogens is 296 g/mol. The van der Waals surface area contributed by atoms with Crippen molar-refractivity contribution in [1.82, 2.24) is 9.80 Å². The Morgan fingerprint density at radius 2 is 2.00 bits per heavy atom. The molecule has 2 atom stereocenters. The summed E-state index contributed by atoms with van der Waals surface area (Å²) in [6, 6.07) is 5.33. The normalized spacial score (nSPS) is 20.2. The number of carbonyl (C=O) groups is 1. The number of nitrogens with zero attached hydrogens (tertiary/aromatic N) is 2. The number of piperazine rings is 1. The van der Waals surface area contributed by atoms with Gasteiger partial charge in [-0.1, -0.05) is 0 Å². The number of amides is 1. The molecule has 0 unspecified atom stereocenters. The Morgan fingerprint density at radius 1 is 1.30 bits per heavy atom. The van der Waals surface area contributed by atoms with Crippen molar-refractivity contribution in [3.8, 4) is 11.5 Å². The van der Waals surface area contributed by atoms with Crippen molar-refractivity contribution in [3.05, 3.63) is 23.8 Å². The number of ether oxygens (including phenoxy) is 2. The molecule has 2 rings (SSSR count). The highest BCUT2D eigenvalue weighted by Crippen LogP contribution is 2.28. The second-order valence-corrected chi connectivity index (χ2v) is 6.03. The third kappa shape index (κ3) is 4.14. The monoisotopic (exact) mass is 322 g/mol. The van der Waals surface area contributed by atoms with Gasteiger partial charge in [0.1, 0.15) is 0 Å². The Kier molecular flexibility index (Phi) is 5.85. The van der Waals surface area contributed by atoms with Crippen LogP contribution < -0.4 is 9.47 Å². The van der Waals surface area contributed by atoms with Crippen LogP contribution in [-0.2, 0) is 0 Å². The first-order valence-electron chi connectivity index (χ1n) is 7.89. The summed E-state index contributed by atoms with van der Waals surface area (Å²) >= 11 is 0. The van der Waals surface area contributed by atoms with Crippen LogP contribution in [0.1, 0.15) is 24.2 Å². The van der Waals surface area contributed by atoms with E-state index < -0.39 is 0 Å². The van der Waals surface area contributed by atoms with Crippen molar-refractivity contribution < 1.29 is 19.4 Å². The Balaban J connectivity index is 2.09. The highest BCUT2D eigenvalue weighted by molar-refractivity contribution is 5.95. The fraction of sp³-hybridized carbons (Fsp3) is 0.588.